The fourth-order valence-electron chi connectivity index (χ4n) is 10.7. The highest BCUT2D eigenvalue weighted by Crippen LogP contribution is 2.67. The van der Waals surface area contributed by atoms with Crippen molar-refractivity contribution in [3.8, 4) is 0 Å². The second-order valence-corrected chi connectivity index (χ2v) is 19.8. The Labute approximate surface area is 369 Å². The number of hydrogen-bond acceptors (Lipinski definition) is 15. The van der Waals surface area contributed by atoms with Crippen LogP contribution in [0.5, 0.6) is 0 Å². The molecule has 2 saturated heterocycles. The van der Waals surface area contributed by atoms with E-state index in [1.807, 2.05) is 20.8 Å². The predicted octanol–water partition coefficient (Wildman–Crippen LogP) is 5.26. The van der Waals surface area contributed by atoms with Gasteiger partial charge < -0.3 is 53.4 Å². The molecule has 1 aromatic carbocycles. The number of carbonyl (C=O) groups is 5. The van der Waals surface area contributed by atoms with Crippen molar-refractivity contribution in [3.63, 3.8) is 0 Å². The molecule has 1 aromatic rings. The standard InChI is InChI=1S/C47H65NO15/c1-13-32(50)59-36-34-25(5)29(57-41(53)35(51)28(20-24(3)4)48-42(54)63-43(7,8)9)22-47(55,44(34,10)11)39(61-40(52)27-18-16-15-17-19-27)37-45(12)30(58-33(14-2)60-38(36)45)21-31-46(37,23-56-31)62-26(6)49/h14-19,24,28-31,33,35-39,51,55H,2,13,20-23H2,1,3-12H3,(H,48,54)/t28-,29-,30-,31+,33?,35+,36-,37-,38-,39-,45+,46-,47+/m0/s1. The maximum absolute atomic E-state index is 14.5. The van der Waals surface area contributed by atoms with Gasteiger partial charge in [-0.15, -0.1) is 0 Å². The summed E-state index contributed by atoms with van der Waals surface area (Å²) in [5.41, 5.74) is -6.63. The molecule has 0 aromatic heterocycles. The fourth-order valence-corrected chi connectivity index (χ4v) is 10.7. The number of carbonyl (C=O) groups excluding carboxylic acids is 5. The van der Waals surface area contributed by atoms with Crippen LogP contribution in [0, 0.1) is 22.7 Å². The summed E-state index contributed by atoms with van der Waals surface area (Å²) in [7, 11) is 0. The van der Waals surface area contributed by atoms with E-state index in [-0.39, 0.29) is 37.4 Å². The lowest BCUT2D eigenvalue weighted by atomic mass is 9.44. The molecule has 2 bridgehead atoms. The Hall–Kier alpha value is -4.35. The van der Waals surface area contributed by atoms with Gasteiger partial charge in [-0.3, -0.25) is 9.59 Å². The van der Waals surface area contributed by atoms with Crippen LogP contribution in [0.1, 0.15) is 112 Å². The normalized spacial score (nSPS) is 35.1. The van der Waals surface area contributed by atoms with Crippen LogP contribution < -0.4 is 5.32 Å². The molecule has 3 N–H and O–H groups in total. The molecule has 0 radical (unpaired) electrons. The number of esters is 4. The summed E-state index contributed by atoms with van der Waals surface area (Å²) in [6, 6.07) is 7.05. The molecule has 63 heavy (non-hydrogen) atoms. The second-order valence-electron chi connectivity index (χ2n) is 19.8. The van der Waals surface area contributed by atoms with E-state index < -0.39 is 125 Å². The van der Waals surface area contributed by atoms with Gasteiger partial charge in [0.2, 0.25) is 0 Å². The van der Waals surface area contributed by atoms with Gasteiger partial charge in [-0.2, -0.15) is 0 Å². The first-order chi connectivity index (χ1) is 29.3. The average Bonchev–Trinajstić information content (AvgIpc) is 3.18. The van der Waals surface area contributed by atoms with E-state index in [4.69, 9.17) is 37.9 Å². The monoisotopic (exact) mass is 883 g/mol. The number of fused-ring (bicyclic) bond motifs is 4. The summed E-state index contributed by atoms with van der Waals surface area (Å²) in [5, 5.41) is 28.2. The van der Waals surface area contributed by atoms with Crippen molar-refractivity contribution in [2.45, 2.75) is 174 Å². The van der Waals surface area contributed by atoms with Gasteiger partial charge in [-0.05, 0) is 69.4 Å². The molecule has 16 heteroatoms. The zero-order valence-electron chi connectivity index (χ0n) is 38.3. The molecule has 16 nitrogen and oxygen atoms in total. The smallest absolute Gasteiger partial charge is 0.407 e. The van der Waals surface area contributed by atoms with E-state index in [0.717, 1.165) is 0 Å². The van der Waals surface area contributed by atoms with Gasteiger partial charge in [0.05, 0.1) is 30.2 Å². The zero-order chi connectivity index (χ0) is 46.6. The van der Waals surface area contributed by atoms with Gasteiger partial charge in [-0.1, -0.05) is 66.3 Å². The predicted molar refractivity (Wildman–Crippen MR) is 225 cm³/mol. The lowest BCUT2D eigenvalue weighted by molar-refractivity contribution is -0.405. The van der Waals surface area contributed by atoms with Crippen LogP contribution in [-0.4, -0.2) is 119 Å². The molecule has 2 aliphatic heterocycles. The van der Waals surface area contributed by atoms with Crippen LogP contribution in [0.4, 0.5) is 4.79 Å². The van der Waals surface area contributed by atoms with Gasteiger partial charge in [0.1, 0.15) is 35.6 Å². The number of ether oxygens (including phenoxy) is 8. The van der Waals surface area contributed by atoms with Crippen molar-refractivity contribution < 1.29 is 72.1 Å². The number of aliphatic hydroxyl groups excluding tert-OH is 1. The van der Waals surface area contributed by atoms with Gasteiger partial charge >= 0.3 is 30.0 Å². The lowest BCUT2D eigenvalue weighted by Gasteiger charge is -2.71. The number of nitrogens with one attached hydrogen (secondary N) is 1. The van der Waals surface area contributed by atoms with Crippen LogP contribution in [0.25, 0.3) is 0 Å². The number of amides is 1. The summed E-state index contributed by atoms with van der Waals surface area (Å²) >= 11 is 0. The van der Waals surface area contributed by atoms with E-state index in [2.05, 4.69) is 11.9 Å². The minimum atomic E-state index is -2.23. The van der Waals surface area contributed by atoms with Crippen LogP contribution in [-0.2, 0) is 52.3 Å². The second kappa shape index (κ2) is 17.6. The minimum Gasteiger partial charge on any atom is -0.456 e. The van der Waals surface area contributed by atoms with E-state index in [1.165, 1.54) is 13.0 Å². The molecule has 4 fully saturated rings. The molecule has 2 heterocycles. The molecule has 13 atom stereocenters. The molecule has 348 valence electrons. The molecule has 1 unspecified atom stereocenters. The van der Waals surface area contributed by atoms with Crippen molar-refractivity contribution >= 4 is 30.0 Å². The Morgan fingerprint density at radius 3 is 2.24 bits per heavy atom. The van der Waals surface area contributed by atoms with Crippen LogP contribution in [0.2, 0.25) is 0 Å². The maximum atomic E-state index is 14.5. The molecule has 1 amide bonds. The van der Waals surface area contributed by atoms with Gasteiger partial charge in [0, 0.05) is 37.0 Å². The maximum Gasteiger partial charge on any atom is 0.407 e. The van der Waals surface area contributed by atoms with Crippen molar-refractivity contribution in [3.05, 3.63) is 59.7 Å². The van der Waals surface area contributed by atoms with Crippen molar-refractivity contribution in [2.75, 3.05) is 6.61 Å². The zero-order valence-corrected chi connectivity index (χ0v) is 38.3. The first-order valence-electron chi connectivity index (χ1n) is 21.9. The van der Waals surface area contributed by atoms with Crippen molar-refractivity contribution in [2.24, 2.45) is 22.7 Å². The molecule has 2 saturated carbocycles. The van der Waals surface area contributed by atoms with E-state index in [9.17, 15) is 34.2 Å². The number of aliphatic hydroxyl groups is 2. The molecule has 6 rings (SSSR count). The van der Waals surface area contributed by atoms with Crippen molar-refractivity contribution in [1.82, 2.24) is 5.32 Å². The molecular weight excluding hydrogens is 819 g/mol. The third-order valence-corrected chi connectivity index (χ3v) is 13.7. The summed E-state index contributed by atoms with van der Waals surface area (Å²) in [6.45, 7) is 22.4. The lowest BCUT2D eigenvalue weighted by Crippen LogP contribution is -2.83. The third-order valence-electron chi connectivity index (χ3n) is 13.7. The quantitative estimate of drug-likeness (QED) is 0.139. The SMILES string of the molecule is C=CC1O[C@H]2C[C@H]3OC[C@@]3(OC(C)=O)[C@H]3[C@H](OC(=O)c4ccccc4)[C@]4(O)C[C@H](OC(=O)[C@H](O)[C@H](CC(C)C)NC(=O)OC(C)(C)C)C(C)=C([C@H](OC(=O)CC)[C@H](O1)[C@]23C)C4(C)C. The summed E-state index contributed by atoms with van der Waals surface area (Å²) in [5.74, 6) is -4.47. The number of rotatable bonds is 12. The molecule has 3 aliphatic carbocycles. The van der Waals surface area contributed by atoms with E-state index in [0.29, 0.717) is 11.1 Å². The van der Waals surface area contributed by atoms with Gasteiger partial charge in [0.25, 0.3) is 0 Å². The number of hydrogen-bond donors (Lipinski definition) is 3. The first-order valence-corrected chi connectivity index (χ1v) is 21.9. The Balaban J connectivity index is 1.58. The molecule has 0 spiro atoms. The molecular formula is C47H65NO15. The highest BCUT2D eigenvalue weighted by atomic mass is 16.7. The largest absolute Gasteiger partial charge is 0.456 e. The molecule has 5 aliphatic rings. The number of benzene rings is 1. The van der Waals surface area contributed by atoms with Gasteiger partial charge in [0.15, 0.2) is 24.1 Å². The van der Waals surface area contributed by atoms with E-state index >= 15 is 0 Å². The summed E-state index contributed by atoms with van der Waals surface area (Å²) in [4.78, 5) is 68.6. The van der Waals surface area contributed by atoms with Crippen LogP contribution >= 0.6 is 0 Å². The third kappa shape index (κ3) is 8.65. The van der Waals surface area contributed by atoms with E-state index in [1.54, 1.807) is 78.8 Å². The average molecular weight is 884 g/mol. The minimum absolute atomic E-state index is 0.0394. The number of alkyl carbamates (subject to hydrolysis) is 1. The summed E-state index contributed by atoms with van der Waals surface area (Å²) in [6.07, 6.45) is -9.39. The van der Waals surface area contributed by atoms with Crippen molar-refractivity contribution in [1.29, 1.82) is 0 Å². The Morgan fingerprint density at radius 1 is 1.02 bits per heavy atom. The Bertz CT molecular complexity index is 1970. The van der Waals surface area contributed by atoms with Crippen LogP contribution in [0.15, 0.2) is 54.1 Å². The Kier molecular flexibility index (Phi) is 13.4. The van der Waals surface area contributed by atoms with Crippen LogP contribution in [0.3, 0.4) is 0 Å². The summed E-state index contributed by atoms with van der Waals surface area (Å²) < 4.78 is 50.5. The first kappa shape index (κ1) is 48.1. The topological polar surface area (TPSA) is 212 Å². The highest BCUT2D eigenvalue weighted by Gasteiger charge is 2.79. The highest BCUT2D eigenvalue weighted by molar-refractivity contribution is 5.89. The Morgan fingerprint density at radius 2 is 1.68 bits per heavy atom. The fraction of sp³-hybridized carbons (Fsp3) is 0.681. The van der Waals surface area contributed by atoms with Gasteiger partial charge in [-0.25, -0.2) is 14.4 Å².